The van der Waals surface area contributed by atoms with Crippen LogP contribution < -0.4 is 5.32 Å². The predicted molar refractivity (Wildman–Crippen MR) is 103 cm³/mol. The second kappa shape index (κ2) is 7.12. The number of para-hydroxylation sites is 1. The lowest BCUT2D eigenvalue weighted by molar-refractivity contribution is -0.142. The number of amides is 1. The number of ether oxygens (including phenoxy) is 2. The van der Waals surface area contributed by atoms with E-state index in [0.29, 0.717) is 29.0 Å². The minimum Gasteiger partial charge on any atom is -0.469 e. The van der Waals surface area contributed by atoms with Gasteiger partial charge in [0, 0.05) is 10.3 Å². The number of rotatable bonds is 4. The number of methoxy groups -OCH3 is 2. The van der Waals surface area contributed by atoms with Crippen LogP contribution in [0.3, 0.4) is 0 Å². The topological polar surface area (TPSA) is 94.8 Å². The molecule has 1 amide bonds. The number of nitrogens with one attached hydrogen (secondary N) is 1. The Kier molecular flexibility index (Phi) is 4.64. The maximum atomic E-state index is 12.7. The summed E-state index contributed by atoms with van der Waals surface area (Å²) in [7, 11) is 2.58. The smallest absolute Gasteiger partial charge is 0.341 e. The Morgan fingerprint density at radius 3 is 2.68 bits per heavy atom. The van der Waals surface area contributed by atoms with Gasteiger partial charge in [0.15, 0.2) is 5.76 Å². The summed E-state index contributed by atoms with van der Waals surface area (Å²) < 4.78 is 15.3. The molecule has 7 nitrogen and oxygen atoms in total. The molecule has 0 fully saturated rings. The van der Waals surface area contributed by atoms with Gasteiger partial charge in [-0.25, -0.2) is 4.79 Å². The maximum absolute atomic E-state index is 12.7. The molecule has 0 aliphatic heterocycles. The third-order valence-corrected chi connectivity index (χ3v) is 5.96. The minimum absolute atomic E-state index is 0.134. The van der Waals surface area contributed by atoms with Crippen molar-refractivity contribution < 1.29 is 28.3 Å². The first-order valence-electron chi connectivity index (χ1n) is 8.65. The largest absolute Gasteiger partial charge is 0.469 e. The Bertz CT molecular complexity index is 1060. The van der Waals surface area contributed by atoms with E-state index in [4.69, 9.17) is 13.9 Å². The molecular weight excluding hydrogens is 382 g/mol. The van der Waals surface area contributed by atoms with E-state index in [1.54, 1.807) is 12.1 Å². The monoisotopic (exact) mass is 399 g/mol. The summed E-state index contributed by atoms with van der Waals surface area (Å²) >= 11 is 1.27. The second-order valence-electron chi connectivity index (χ2n) is 6.35. The highest BCUT2D eigenvalue weighted by Crippen LogP contribution is 2.46. The van der Waals surface area contributed by atoms with Crippen molar-refractivity contribution in [1.29, 1.82) is 0 Å². The van der Waals surface area contributed by atoms with E-state index in [-0.39, 0.29) is 11.3 Å². The van der Waals surface area contributed by atoms with Crippen molar-refractivity contribution in [2.24, 2.45) is 0 Å². The molecule has 0 saturated carbocycles. The van der Waals surface area contributed by atoms with Crippen molar-refractivity contribution >= 4 is 45.2 Å². The first-order valence-corrected chi connectivity index (χ1v) is 9.46. The average Bonchev–Trinajstić information content (AvgIpc) is 3.39. The minimum atomic E-state index is -0.604. The molecule has 4 rings (SSSR count). The third-order valence-electron chi connectivity index (χ3n) is 4.78. The molecule has 28 heavy (non-hydrogen) atoms. The molecule has 2 heterocycles. The van der Waals surface area contributed by atoms with Crippen LogP contribution in [0.25, 0.3) is 11.0 Å². The Hall–Kier alpha value is -3.13. The standard InChI is InChI=1S/C20H17NO6S/c1-25-19(23)11-7-8-14-15(11)16(20(24)26-2)18(28-14)21-17(22)13-9-10-5-3-4-6-12(10)27-13/h3-6,9,11H,7-8H2,1-2H3,(H,21,22). The van der Waals surface area contributed by atoms with Crippen molar-refractivity contribution in [3.63, 3.8) is 0 Å². The van der Waals surface area contributed by atoms with Gasteiger partial charge in [-0.2, -0.15) is 0 Å². The molecule has 144 valence electrons. The molecule has 1 N–H and O–H groups in total. The fraction of sp³-hybridized carbons (Fsp3) is 0.250. The number of fused-ring (bicyclic) bond motifs is 2. The van der Waals surface area contributed by atoms with Gasteiger partial charge in [0.05, 0.1) is 25.7 Å². The van der Waals surface area contributed by atoms with Crippen LogP contribution >= 0.6 is 11.3 Å². The van der Waals surface area contributed by atoms with Crippen LogP contribution in [-0.4, -0.2) is 32.1 Å². The summed E-state index contributed by atoms with van der Waals surface area (Å²) in [5.74, 6) is -1.89. The van der Waals surface area contributed by atoms with Crippen LogP contribution in [0.1, 0.15) is 43.7 Å². The number of carbonyl (C=O) groups is 3. The molecule has 1 aromatic carbocycles. The number of esters is 2. The summed E-state index contributed by atoms with van der Waals surface area (Å²) in [6.45, 7) is 0. The van der Waals surface area contributed by atoms with Crippen molar-refractivity contribution in [2.45, 2.75) is 18.8 Å². The van der Waals surface area contributed by atoms with Gasteiger partial charge >= 0.3 is 11.9 Å². The van der Waals surface area contributed by atoms with Gasteiger partial charge in [-0.15, -0.1) is 11.3 Å². The number of hydrogen-bond donors (Lipinski definition) is 1. The quantitative estimate of drug-likeness (QED) is 0.672. The molecule has 3 aromatic rings. The number of anilines is 1. The Morgan fingerprint density at radius 1 is 1.18 bits per heavy atom. The average molecular weight is 399 g/mol. The lowest BCUT2D eigenvalue weighted by atomic mass is 9.99. The molecule has 1 aliphatic carbocycles. The highest BCUT2D eigenvalue weighted by molar-refractivity contribution is 7.17. The van der Waals surface area contributed by atoms with E-state index < -0.39 is 23.8 Å². The SMILES string of the molecule is COC(=O)c1c(NC(=O)c2cc3ccccc3o2)sc2c1C(C(=O)OC)CC2. The Morgan fingerprint density at radius 2 is 1.96 bits per heavy atom. The first kappa shape index (κ1) is 18.2. The van der Waals surface area contributed by atoms with E-state index in [2.05, 4.69) is 5.32 Å². The maximum Gasteiger partial charge on any atom is 0.341 e. The highest BCUT2D eigenvalue weighted by atomic mass is 32.1. The molecule has 0 radical (unpaired) electrons. The van der Waals surface area contributed by atoms with E-state index in [1.807, 2.05) is 18.2 Å². The highest BCUT2D eigenvalue weighted by Gasteiger charge is 2.38. The number of carbonyl (C=O) groups excluding carboxylic acids is 3. The number of thiophene rings is 1. The van der Waals surface area contributed by atoms with Crippen LogP contribution in [0.2, 0.25) is 0 Å². The fourth-order valence-corrected chi connectivity index (χ4v) is 4.75. The number of hydrogen-bond acceptors (Lipinski definition) is 7. The molecule has 0 saturated heterocycles. The van der Waals surface area contributed by atoms with Gasteiger partial charge in [0.2, 0.25) is 0 Å². The summed E-state index contributed by atoms with van der Waals surface area (Å²) in [5, 5.41) is 3.89. The summed E-state index contributed by atoms with van der Waals surface area (Å²) in [6.07, 6.45) is 1.19. The molecule has 1 aliphatic rings. The van der Waals surface area contributed by atoms with Crippen molar-refractivity contribution in [3.05, 3.63) is 52.1 Å². The molecule has 0 bridgehead atoms. The van der Waals surface area contributed by atoms with Gasteiger partial charge in [-0.05, 0) is 30.5 Å². The zero-order valence-corrected chi connectivity index (χ0v) is 16.1. The van der Waals surface area contributed by atoms with E-state index in [9.17, 15) is 14.4 Å². The zero-order valence-electron chi connectivity index (χ0n) is 15.2. The normalized spacial score (nSPS) is 15.3. The van der Waals surface area contributed by atoms with Gasteiger partial charge in [-0.1, -0.05) is 18.2 Å². The van der Waals surface area contributed by atoms with Crippen LogP contribution in [0, 0.1) is 0 Å². The second-order valence-corrected chi connectivity index (χ2v) is 7.46. The van der Waals surface area contributed by atoms with Gasteiger partial charge in [0.1, 0.15) is 10.6 Å². The summed E-state index contributed by atoms with van der Waals surface area (Å²) in [6, 6.07) is 8.93. The number of aryl methyl sites for hydroxylation is 1. The Balaban J connectivity index is 1.70. The zero-order chi connectivity index (χ0) is 19.8. The van der Waals surface area contributed by atoms with E-state index >= 15 is 0 Å². The van der Waals surface area contributed by atoms with Gasteiger partial charge < -0.3 is 19.2 Å². The van der Waals surface area contributed by atoms with Crippen molar-refractivity contribution in [1.82, 2.24) is 0 Å². The Labute approximate surface area is 164 Å². The number of benzene rings is 1. The lowest BCUT2D eigenvalue weighted by Gasteiger charge is -2.11. The van der Waals surface area contributed by atoms with Crippen LogP contribution in [0.15, 0.2) is 34.7 Å². The summed E-state index contributed by atoms with van der Waals surface area (Å²) in [5.41, 5.74) is 1.39. The predicted octanol–water partition coefficient (Wildman–Crippen LogP) is 3.74. The van der Waals surface area contributed by atoms with Gasteiger partial charge in [-0.3, -0.25) is 9.59 Å². The fourth-order valence-electron chi connectivity index (χ4n) is 3.49. The third kappa shape index (κ3) is 2.95. The van der Waals surface area contributed by atoms with E-state index in [0.717, 1.165) is 10.3 Å². The van der Waals surface area contributed by atoms with Crippen LogP contribution in [0.5, 0.6) is 0 Å². The van der Waals surface area contributed by atoms with Crippen molar-refractivity contribution in [3.8, 4) is 0 Å². The number of furan rings is 1. The first-order chi connectivity index (χ1) is 13.5. The van der Waals surface area contributed by atoms with Crippen molar-refractivity contribution in [2.75, 3.05) is 19.5 Å². The van der Waals surface area contributed by atoms with Crippen LogP contribution in [-0.2, 0) is 20.7 Å². The molecule has 0 spiro atoms. The lowest BCUT2D eigenvalue weighted by Crippen LogP contribution is -2.17. The molecule has 8 heteroatoms. The van der Waals surface area contributed by atoms with Crippen LogP contribution in [0.4, 0.5) is 5.00 Å². The summed E-state index contributed by atoms with van der Waals surface area (Å²) in [4.78, 5) is 38.1. The molecular formula is C20H17NO6S. The van der Waals surface area contributed by atoms with Gasteiger partial charge in [0.25, 0.3) is 5.91 Å². The molecule has 2 aromatic heterocycles. The molecule has 1 atom stereocenters. The van der Waals surface area contributed by atoms with E-state index in [1.165, 1.54) is 25.6 Å². The molecule has 1 unspecified atom stereocenters.